The van der Waals surface area contributed by atoms with Gasteiger partial charge in [0.2, 0.25) is 0 Å². The van der Waals surface area contributed by atoms with Gasteiger partial charge in [0.05, 0.1) is 0 Å². The van der Waals surface area contributed by atoms with Gasteiger partial charge < -0.3 is 0 Å². The van der Waals surface area contributed by atoms with Crippen molar-refractivity contribution >= 4 is 11.6 Å². The zero-order valence-corrected chi connectivity index (χ0v) is 11.1. The lowest BCUT2D eigenvalue weighted by Crippen LogP contribution is -2.22. The summed E-state index contributed by atoms with van der Waals surface area (Å²) in [5.74, 6) is 0.564. The number of carbonyl (C=O) groups is 1. The van der Waals surface area contributed by atoms with Gasteiger partial charge in [0.25, 0.3) is 5.91 Å². The molecule has 0 aliphatic heterocycles. The molecule has 1 atom stereocenters. The van der Waals surface area contributed by atoms with Crippen molar-refractivity contribution in [3.05, 3.63) is 35.4 Å². The van der Waals surface area contributed by atoms with E-state index in [1.54, 1.807) is 0 Å². The van der Waals surface area contributed by atoms with Crippen molar-refractivity contribution in [2.75, 3.05) is 0 Å². The van der Waals surface area contributed by atoms with E-state index in [2.05, 4.69) is 17.5 Å². The Balaban J connectivity index is 1.95. The molecule has 1 aliphatic rings. The Morgan fingerprint density at radius 1 is 1.33 bits per heavy atom. The van der Waals surface area contributed by atoms with Crippen molar-refractivity contribution in [2.45, 2.75) is 39.5 Å². The molecule has 3 nitrogen and oxygen atoms in total. The average molecular weight is 244 g/mol. The zero-order valence-electron chi connectivity index (χ0n) is 11.1. The molecule has 0 aromatic heterocycles. The van der Waals surface area contributed by atoms with Crippen LogP contribution in [0.25, 0.3) is 0 Å². The van der Waals surface area contributed by atoms with E-state index in [1.165, 1.54) is 12.8 Å². The smallest absolute Gasteiger partial charge is 0.267 e. The highest BCUT2D eigenvalue weighted by Crippen LogP contribution is 2.20. The van der Waals surface area contributed by atoms with Crippen LogP contribution in [0.3, 0.4) is 0 Å². The summed E-state index contributed by atoms with van der Waals surface area (Å²) in [4.78, 5) is 11.9. The molecule has 3 heteroatoms. The highest BCUT2D eigenvalue weighted by Gasteiger charge is 2.14. The van der Waals surface area contributed by atoms with Crippen molar-refractivity contribution in [1.29, 1.82) is 0 Å². The van der Waals surface area contributed by atoms with Crippen molar-refractivity contribution in [1.82, 2.24) is 5.43 Å². The molecule has 1 saturated carbocycles. The lowest BCUT2D eigenvalue weighted by Gasteiger charge is -2.18. The first-order chi connectivity index (χ1) is 8.65. The largest absolute Gasteiger partial charge is 0.271 e. The van der Waals surface area contributed by atoms with Crippen LogP contribution in [-0.4, -0.2) is 11.6 Å². The summed E-state index contributed by atoms with van der Waals surface area (Å²) in [5.41, 5.74) is 5.59. The second kappa shape index (κ2) is 5.80. The Morgan fingerprint density at radius 2 is 2.06 bits per heavy atom. The molecule has 1 unspecified atom stereocenters. The molecule has 96 valence electrons. The number of aryl methyl sites for hydroxylation is 1. The fourth-order valence-corrected chi connectivity index (χ4v) is 2.26. The second-order valence-corrected chi connectivity index (χ2v) is 5.19. The molecule has 0 heterocycles. The quantitative estimate of drug-likeness (QED) is 0.797. The van der Waals surface area contributed by atoms with E-state index >= 15 is 0 Å². The number of carbonyl (C=O) groups excluding carboxylic acids is 1. The van der Waals surface area contributed by atoms with Gasteiger partial charge in [0.15, 0.2) is 0 Å². The van der Waals surface area contributed by atoms with Gasteiger partial charge >= 0.3 is 0 Å². The molecule has 1 aromatic rings. The minimum absolute atomic E-state index is 0.124. The van der Waals surface area contributed by atoms with Crippen LogP contribution in [0.4, 0.5) is 0 Å². The Bertz CT molecular complexity index is 448. The van der Waals surface area contributed by atoms with Crippen molar-refractivity contribution in [2.24, 2.45) is 11.0 Å². The fraction of sp³-hybridized carbons (Fsp3) is 0.467. The van der Waals surface area contributed by atoms with Crippen LogP contribution in [0.1, 0.15) is 48.5 Å². The molecule has 1 aliphatic carbocycles. The van der Waals surface area contributed by atoms with Crippen LogP contribution in [0.15, 0.2) is 29.4 Å². The number of hydrogen-bond acceptors (Lipinski definition) is 2. The Hall–Kier alpha value is -1.64. The van der Waals surface area contributed by atoms with Crippen LogP contribution in [0, 0.1) is 12.8 Å². The SMILES string of the molecule is Cc1ccc(C(=O)NN=C2CCCC(C)C2)cc1. The number of benzene rings is 1. The van der Waals surface area contributed by atoms with Gasteiger partial charge in [-0.2, -0.15) is 5.10 Å². The lowest BCUT2D eigenvalue weighted by molar-refractivity contribution is 0.0954. The standard InChI is InChI=1S/C15H20N2O/c1-11-6-8-13(9-7-11)15(18)17-16-14-5-3-4-12(2)10-14/h6-9,12H,3-5,10H2,1-2H3,(H,17,18). The zero-order chi connectivity index (χ0) is 13.0. The minimum atomic E-state index is -0.124. The van der Waals surface area contributed by atoms with Crippen LogP contribution >= 0.6 is 0 Å². The van der Waals surface area contributed by atoms with Gasteiger partial charge in [-0.1, -0.05) is 24.6 Å². The summed E-state index contributed by atoms with van der Waals surface area (Å²) >= 11 is 0. The molecule has 2 rings (SSSR count). The molecule has 1 N–H and O–H groups in total. The molecule has 0 bridgehead atoms. The second-order valence-electron chi connectivity index (χ2n) is 5.19. The van der Waals surface area contributed by atoms with Gasteiger partial charge in [-0.15, -0.1) is 0 Å². The van der Waals surface area contributed by atoms with E-state index in [0.717, 1.165) is 24.1 Å². The summed E-state index contributed by atoms with van der Waals surface area (Å²) in [6.07, 6.45) is 4.47. The van der Waals surface area contributed by atoms with Gasteiger partial charge in [0.1, 0.15) is 0 Å². The Morgan fingerprint density at radius 3 is 2.72 bits per heavy atom. The number of nitrogens with zero attached hydrogens (tertiary/aromatic N) is 1. The van der Waals surface area contributed by atoms with Crippen LogP contribution < -0.4 is 5.43 Å². The normalized spacial score (nSPS) is 21.9. The average Bonchev–Trinajstić information content (AvgIpc) is 2.37. The van der Waals surface area contributed by atoms with E-state index in [1.807, 2.05) is 31.2 Å². The van der Waals surface area contributed by atoms with Crippen molar-refractivity contribution < 1.29 is 4.79 Å². The molecule has 1 aromatic carbocycles. The van der Waals surface area contributed by atoms with E-state index in [9.17, 15) is 4.79 Å². The van der Waals surface area contributed by atoms with Gasteiger partial charge in [-0.3, -0.25) is 4.79 Å². The third kappa shape index (κ3) is 3.42. The predicted molar refractivity (Wildman–Crippen MR) is 73.7 cm³/mol. The highest BCUT2D eigenvalue weighted by atomic mass is 16.2. The maximum atomic E-state index is 11.9. The number of nitrogens with one attached hydrogen (secondary N) is 1. The number of hydrogen-bond donors (Lipinski definition) is 1. The molecule has 0 radical (unpaired) electrons. The summed E-state index contributed by atoms with van der Waals surface area (Å²) in [6.45, 7) is 4.24. The van der Waals surface area contributed by atoms with Crippen molar-refractivity contribution in [3.8, 4) is 0 Å². The van der Waals surface area contributed by atoms with Crippen molar-refractivity contribution in [3.63, 3.8) is 0 Å². The van der Waals surface area contributed by atoms with Gasteiger partial charge in [-0.05, 0) is 50.7 Å². The monoisotopic (exact) mass is 244 g/mol. The molecule has 1 amide bonds. The summed E-state index contributed by atoms with van der Waals surface area (Å²) < 4.78 is 0. The molecular weight excluding hydrogens is 224 g/mol. The van der Waals surface area contributed by atoms with E-state index in [-0.39, 0.29) is 5.91 Å². The first-order valence-electron chi connectivity index (χ1n) is 6.57. The maximum Gasteiger partial charge on any atom is 0.271 e. The number of hydrazone groups is 1. The first-order valence-corrected chi connectivity index (χ1v) is 6.57. The number of amides is 1. The highest BCUT2D eigenvalue weighted by molar-refractivity contribution is 5.95. The Labute approximate surface area is 108 Å². The fourth-order valence-electron chi connectivity index (χ4n) is 2.26. The van der Waals surface area contributed by atoms with E-state index in [0.29, 0.717) is 11.5 Å². The number of rotatable bonds is 2. The third-order valence-electron chi connectivity index (χ3n) is 3.38. The van der Waals surface area contributed by atoms with E-state index < -0.39 is 0 Å². The molecule has 0 spiro atoms. The predicted octanol–water partition coefficient (Wildman–Crippen LogP) is 3.29. The minimum Gasteiger partial charge on any atom is -0.267 e. The van der Waals surface area contributed by atoms with Crippen LogP contribution in [-0.2, 0) is 0 Å². The van der Waals surface area contributed by atoms with Gasteiger partial charge in [-0.25, -0.2) is 5.43 Å². The summed E-state index contributed by atoms with van der Waals surface area (Å²) in [7, 11) is 0. The first kappa shape index (κ1) is 12.8. The topological polar surface area (TPSA) is 41.5 Å². The summed E-state index contributed by atoms with van der Waals surface area (Å²) in [6, 6.07) is 7.53. The molecular formula is C15H20N2O. The Kier molecular flexibility index (Phi) is 4.13. The third-order valence-corrected chi connectivity index (χ3v) is 3.38. The van der Waals surface area contributed by atoms with Gasteiger partial charge in [0, 0.05) is 11.3 Å². The molecule has 18 heavy (non-hydrogen) atoms. The molecule has 0 saturated heterocycles. The van der Waals surface area contributed by atoms with Crippen LogP contribution in [0.5, 0.6) is 0 Å². The van der Waals surface area contributed by atoms with Crippen LogP contribution in [0.2, 0.25) is 0 Å². The van der Waals surface area contributed by atoms with E-state index in [4.69, 9.17) is 0 Å². The lowest BCUT2D eigenvalue weighted by atomic mass is 9.89. The maximum absolute atomic E-state index is 11.9. The molecule has 1 fully saturated rings. The summed E-state index contributed by atoms with van der Waals surface area (Å²) in [5, 5.41) is 4.25.